The first-order valence-corrected chi connectivity index (χ1v) is 3.09. The molecule has 0 radical (unpaired) electrons. The van der Waals surface area contributed by atoms with E-state index in [4.69, 9.17) is 5.73 Å². The Balaban J connectivity index is 3.93. The van der Waals surface area contributed by atoms with Gasteiger partial charge in [-0.25, -0.2) is 0 Å². The highest BCUT2D eigenvalue weighted by molar-refractivity contribution is 5.72. The van der Waals surface area contributed by atoms with E-state index in [0.29, 0.717) is 0 Å². The quantitative estimate of drug-likeness (QED) is 0.457. The number of nitrogens with two attached hydrogens (primary N) is 1. The monoisotopic (exact) mass is 143 g/mol. The molecule has 0 heterocycles. The standard InChI is InChI=1S/C7H13NO2/c1-4-6(8)5(2)7(9)10-3/h4-6H,1,8H2,2-3H3. The van der Waals surface area contributed by atoms with Crippen molar-refractivity contribution in [3.63, 3.8) is 0 Å². The summed E-state index contributed by atoms with van der Waals surface area (Å²) in [6, 6.07) is -0.313. The molecule has 0 rings (SSSR count). The van der Waals surface area contributed by atoms with Gasteiger partial charge in [0.05, 0.1) is 13.0 Å². The van der Waals surface area contributed by atoms with Gasteiger partial charge < -0.3 is 10.5 Å². The number of methoxy groups -OCH3 is 1. The van der Waals surface area contributed by atoms with Gasteiger partial charge in [-0.05, 0) is 0 Å². The summed E-state index contributed by atoms with van der Waals surface area (Å²) >= 11 is 0. The molecule has 2 N–H and O–H groups in total. The summed E-state index contributed by atoms with van der Waals surface area (Å²) in [5.41, 5.74) is 5.47. The maximum absolute atomic E-state index is 10.8. The van der Waals surface area contributed by atoms with Crippen LogP contribution in [0.3, 0.4) is 0 Å². The van der Waals surface area contributed by atoms with Crippen molar-refractivity contribution >= 4 is 5.97 Å². The predicted molar refractivity (Wildman–Crippen MR) is 39.4 cm³/mol. The lowest BCUT2D eigenvalue weighted by Crippen LogP contribution is -2.32. The van der Waals surface area contributed by atoms with E-state index < -0.39 is 0 Å². The summed E-state index contributed by atoms with van der Waals surface area (Å²) < 4.78 is 4.47. The average molecular weight is 143 g/mol. The SMILES string of the molecule is C=CC(N)C(C)C(=O)OC. The summed E-state index contributed by atoms with van der Waals surface area (Å²) in [4.78, 5) is 10.8. The molecule has 0 aromatic heterocycles. The number of ether oxygens (including phenoxy) is 1. The lowest BCUT2D eigenvalue weighted by atomic mass is 10.0. The fourth-order valence-corrected chi connectivity index (χ4v) is 0.547. The molecule has 0 amide bonds. The zero-order valence-electron chi connectivity index (χ0n) is 6.33. The van der Waals surface area contributed by atoms with Crippen molar-refractivity contribution in [2.75, 3.05) is 7.11 Å². The van der Waals surface area contributed by atoms with E-state index in [9.17, 15) is 4.79 Å². The molecular formula is C7H13NO2. The van der Waals surface area contributed by atoms with Crippen LogP contribution in [0.5, 0.6) is 0 Å². The first-order valence-electron chi connectivity index (χ1n) is 3.09. The Labute approximate surface area is 60.9 Å². The summed E-state index contributed by atoms with van der Waals surface area (Å²) in [6.07, 6.45) is 1.53. The van der Waals surface area contributed by atoms with E-state index in [-0.39, 0.29) is 17.9 Å². The Morgan fingerprint density at radius 1 is 1.80 bits per heavy atom. The normalized spacial score (nSPS) is 15.5. The Morgan fingerprint density at radius 3 is 2.60 bits per heavy atom. The number of hydrogen-bond donors (Lipinski definition) is 1. The van der Waals surface area contributed by atoms with Crippen LogP contribution in [0.25, 0.3) is 0 Å². The van der Waals surface area contributed by atoms with Gasteiger partial charge in [0.25, 0.3) is 0 Å². The van der Waals surface area contributed by atoms with Crippen LogP contribution < -0.4 is 5.73 Å². The Morgan fingerprint density at radius 2 is 2.30 bits per heavy atom. The van der Waals surface area contributed by atoms with Crippen LogP contribution >= 0.6 is 0 Å². The molecule has 0 aromatic rings. The van der Waals surface area contributed by atoms with Crippen molar-refractivity contribution in [3.05, 3.63) is 12.7 Å². The molecule has 2 atom stereocenters. The minimum atomic E-state index is -0.313. The van der Waals surface area contributed by atoms with Crippen molar-refractivity contribution in [2.45, 2.75) is 13.0 Å². The summed E-state index contributed by atoms with van der Waals surface area (Å²) in [5.74, 6) is -0.602. The Hall–Kier alpha value is -0.830. The highest BCUT2D eigenvalue weighted by atomic mass is 16.5. The van der Waals surface area contributed by atoms with Crippen LogP contribution in [0.2, 0.25) is 0 Å². The summed E-state index contributed by atoms with van der Waals surface area (Å²) in [7, 11) is 1.34. The largest absolute Gasteiger partial charge is 0.469 e. The molecule has 0 fully saturated rings. The molecule has 0 aliphatic heterocycles. The van der Waals surface area contributed by atoms with Crippen LogP contribution in [-0.2, 0) is 9.53 Å². The fraction of sp³-hybridized carbons (Fsp3) is 0.571. The number of rotatable bonds is 3. The zero-order valence-corrected chi connectivity index (χ0v) is 6.33. The molecule has 10 heavy (non-hydrogen) atoms. The van der Waals surface area contributed by atoms with E-state index in [1.807, 2.05) is 0 Å². The van der Waals surface area contributed by atoms with Gasteiger partial charge in [0.2, 0.25) is 0 Å². The van der Waals surface area contributed by atoms with Crippen molar-refractivity contribution in [2.24, 2.45) is 11.7 Å². The average Bonchev–Trinajstić information content (AvgIpc) is 2.00. The molecule has 3 heteroatoms. The maximum atomic E-state index is 10.8. The molecule has 0 aromatic carbocycles. The molecule has 0 bridgehead atoms. The third kappa shape index (κ3) is 2.19. The van der Waals surface area contributed by atoms with Gasteiger partial charge in [0.15, 0.2) is 0 Å². The van der Waals surface area contributed by atoms with Gasteiger partial charge in [-0.2, -0.15) is 0 Å². The van der Waals surface area contributed by atoms with Crippen LogP contribution in [-0.4, -0.2) is 19.1 Å². The summed E-state index contributed by atoms with van der Waals surface area (Å²) in [6.45, 7) is 5.17. The highest BCUT2D eigenvalue weighted by Crippen LogP contribution is 2.02. The molecule has 0 aliphatic rings. The van der Waals surface area contributed by atoms with Gasteiger partial charge in [-0.15, -0.1) is 6.58 Å². The predicted octanol–water partition coefficient (Wildman–Crippen LogP) is 0.309. The van der Waals surface area contributed by atoms with Gasteiger partial charge in [0.1, 0.15) is 0 Å². The lowest BCUT2D eigenvalue weighted by molar-refractivity contribution is -0.145. The third-order valence-corrected chi connectivity index (χ3v) is 1.42. The topological polar surface area (TPSA) is 52.3 Å². The van der Waals surface area contributed by atoms with Crippen LogP contribution in [0, 0.1) is 5.92 Å². The van der Waals surface area contributed by atoms with E-state index in [0.717, 1.165) is 0 Å². The summed E-state index contributed by atoms with van der Waals surface area (Å²) in [5, 5.41) is 0. The van der Waals surface area contributed by atoms with Gasteiger partial charge >= 0.3 is 5.97 Å². The number of hydrogen-bond acceptors (Lipinski definition) is 3. The van der Waals surface area contributed by atoms with Crippen LogP contribution in [0.4, 0.5) is 0 Å². The second-order valence-corrected chi connectivity index (χ2v) is 2.12. The molecule has 0 saturated carbocycles. The molecule has 3 nitrogen and oxygen atoms in total. The number of carbonyl (C=O) groups is 1. The molecule has 58 valence electrons. The smallest absolute Gasteiger partial charge is 0.310 e. The van der Waals surface area contributed by atoms with Crippen LogP contribution in [0.1, 0.15) is 6.92 Å². The van der Waals surface area contributed by atoms with Gasteiger partial charge in [-0.3, -0.25) is 4.79 Å². The van der Waals surface area contributed by atoms with Gasteiger partial charge in [-0.1, -0.05) is 13.0 Å². The maximum Gasteiger partial charge on any atom is 0.310 e. The molecular weight excluding hydrogens is 130 g/mol. The lowest BCUT2D eigenvalue weighted by Gasteiger charge is -2.12. The van der Waals surface area contributed by atoms with Crippen molar-refractivity contribution in [1.82, 2.24) is 0 Å². The Bertz CT molecular complexity index is 134. The van der Waals surface area contributed by atoms with E-state index in [1.54, 1.807) is 6.92 Å². The number of esters is 1. The number of carbonyl (C=O) groups excluding carboxylic acids is 1. The minimum absolute atomic E-state index is 0.299. The van der Waals surface area contributed by atoms with Crippen LogP contribution in [0.15, 0.2) is 12.7 Å². The van der Waals surface area contributed by atoms with Crippen molar-refractivity contribution in [3.8, 4) is 0 Å². The Kier molecular flexibility index (Phi) is 3.72. The first kappa shape index (κ1) is 9.17. The van der Waals surface area contributed by atoms with E-state index >= 15 is 0 Å². The van der Waals surface area contributed by atoms with E-state index in [1.165, 1.54) is 13.2 Å². The second-order valence-electron chi connectivity index (χ2n) is 2.12. The third-order valence-electron chi connectivity index (χ3n) is 1.42. The highest BCUT2D eigenvalue weighted by Gasteiger charge is 2.17. The molecule has 0 saturated heterocycles. The molecule has 0 spiro atoms. The zero-order chi connectivity index (χ0) is 8.15. The molecule has 0 aliphatic carbocycles. The first-order chi connectivity index (χ1) is 4.63. The molecule has 2 unspecified atom stereocenters. The fourth-order valence-electron chi connectivity index (χ4n) is 0.547. The van der Waals surface area contributed by atoms with Gasteiger partial charge in [0, 0.05) is 6.04 Å². The van der Waals surface area contributed by atoms with Crippen molar-refractivity contribution in [1.29, 1.82) is 0 Å². The minimum Gasteiger partial charge on any atom is -0.469 e. The van der Waals surface area contributed by atoms with E-state index in [2.05, 4.69) is 11.3 Å². The van der Waals surface area contributed by atoms with Crippen molar-refractivity contribution < 1.29 is 9.53 Å². The second kappa shape index (κ2) is 4.06.